The lowest BCUT2D eigenvalue weighted by atomic mass is 10.1. The monoisotopic (exact) mass is 284 g/mol. The first kappa shape index (κ1) is 13.5. The molecule has 1 atom stereocenters. The van der Waals surface area contributed by atoms with Crippen molar-refractivity contribution < 1.29 is 14.7 Å². The van der Waals surface area contributed by atoms with Crippen molar-refractivity contribution in [1.29, 1.82) is 0 Å². The van der Waals surface area contributed by atoms with Gasteiger partial charge in [0, 0.05) is 24.0 Å². The van der Waals surface area contributed by atoms with Crippen LogP contribution in [0, 0.1) is 6.92 Å². The Morgan fingerprint density at radius 3 is 2.95 bits per heavy atom. The van der Waals surface area contributed by atoms with Gasteiger partial charge < -0.3 is 10.0 Å². The molecule has 1 aromatic heterocycles. The molecular weight excluding hydrogens is 268 g/mol. The van der Waals surface area contributed by atoms with Gasteiger partial charge in [0.25, 0.3) is 0 Å². The number of aliphatic carboxylic acids is 1. The van der Waals surface area contributed by atoms with Gasteiger partial charge in [-0.1, -0.05) is 18.2 Å². The van der Waals surface area contributed by atoms with E-state index in [1.54, 1.807) is 0 Å². The average molecular weight is 284 g/mol. The topological polar surface area (TPSA) is 70.5 Å². The van der Waals surface area contributed by atoms with Crippen molar-refractivity contribution in [3.8, 4) is 0 Å². The van der Waals surface area contributed by atoms with Gasteiger partial charge in [-0.05, 0) is 31.0 Å². The molecule has 0 radical (unpaired) electrons. The second kappa shape index (κ2) is 5.16. The lowest BCUT2D eigenvalue weighted by Gasteiger charge is -2.22. The van der Waals surface area contributed by atoms with Crippen molar-refractivity contribution >= 4 is 22.8 Å². The molecule has 1 fully saturated rings. The third kappa shape index (κ3) is 2.46. The number of fused-ring (bicyclic) bond motifs is 1. The second-order valence-corrected chi connectivity index (χ2v) is 5.35. The third-order valence-electron chi connectivity index (χ3n) is 3.88. The number of likely N-dealkylation sites (tertiary alicyclic amines) is 1. The van der Waals surface area contributed by atoms with Crippen LogP contribution in [0.2, 0.25) is 0 Å². The molecule has 0 saturated carbocycles. The Kier molecular flexibility index (Phi) is 3.33. The molecule has 21 heavy (non-hydrogen) atoms. The van der Waals surface area contributed by atoms with E-state index in [1.807, 2.05) is 37.3 Å². The minimum atomic E-state index is -0.934. The number of carboxylic acid groups (broad SMARTS) is 1. The summed E-state index contributed by atoms with van der Waals surface area (Å²) in [6, 6.07) is 8.92. The average Bonchev–Trinajstić information content (AvgIpc) is 2.80. The van der Waals surface area contributed by atoms with Gasteiger partial charge in [-0.25, -0.2) is 4.79 Å². The Labute approximate surface area is 122 Å². The summed E-state index contributed by atoms with van der Waals surface area (Å²) in [4.78, 5) is 29.2. The fourth-order valence-corrected chi connectivity index (χ4v) is 2.90. The zero-order valence-electron chi connectivity index (χ0n) is 11.7. The fraction of sp³-hybridized carbons (Fsp3) is 0.312. The number of rotatable bonds is 3. The highest BCUT2D eigenvalue weighted by molar-refractivity contribution is 5.88. The van der Waals surface area contributed by atoms with Crippen molar-refractivity contribution in [2.75, 3.05) is 0 Å². The van der Waals surface area contributed by atoms with E-state index in [9.17, 15) is 14.7 Å². The van der Waals surface area contributed by atoms with Crippen LogP contribution >= 0.6 is 0 Å². The summed E-state index contributed by atoms with van der Waals surface area (Å²) >= 11 is 0. The Hall–Kier alpha value is -2.43. The molecule has 0 aliphatic carbocycles. The maximum Gasteiger partial charge on any atom is 0.326 e. The Balaban J connectivity index is 2.01. The molecule has 1 aliphatic heterocycles. The summed E-state index contributed by atoms with van der Waals surface area (Å²) in [5.74, 6) is -1.03. The molecule has 2 aromatic rings. The van der Waals surface area contributed by atoms with Crippen molar-refractivity contribution in [1.82, 2.24) is 9.88 Å². The molecule has 1 N–H and O–H groups in total. The molecule has 1 unspecified atom stereocenters. The minimum Gasteiger partial charge on any atom is -0.480 e. The minimum absolute atomic E-state index is 0.0963. The number of nitrogens with zero attached hydrogens (tertiary/aromatic N) is 2. The number of carbonyl (C=O) groups excluding carboxylic acids is 1. The van der Waals surface area contributed by atoms with Gasteiger partial charge in [0.15, 0.2) is 0 Å². The summed E-state index contributed by atoms with van der Waals surface area (Å²) in [5.41, 5.74) is 2.67. The van der Waals surface area contributed by atoms with E-state index in [-0.39, 0.29) is 5.91 Å². The summed E-state index contributed by atoms with van der Waals surface area (Å²) in [6.07, 6.45) is 0.690. The molecule has 5 nitrogen and oxygen atoms in total. The first-order valence-corrected chi connectivity index (χ1v) is 6.94. The maximum atomic E-state index is 12.0. The van der Waals surface area contributed by atoms with E-state index in [4.69, 9.17) is 0 Å². The van der Waals surface area contributed by atoms with Gasteiger partial charge in [-0.15, -0.1) is 0 Å². The van der Waals surface area contributed by atoms with Crippen LogP contribution in [0.25, 0.3) is 10.9 Å². The molecule has 1 aliphatic rings. The Morgan fingerprint density at radius 1 is 1.43 bits per heavy atom. The van der Waals surface area contributed by atoms with Crippen LogP contribution in [0.5, 0.6) is 0 Å². The number of carbonyl (C=O) groups is 2. The van der Waals surface area contributed by atoms with Crippen LogP contribution in [0.4, 0.5) is 0 Å². The van der Waals surface area contributed by atoms with E-state index >= 15 is 0 Å². The van der Waals surface area contributed by atoms with Gasteiger partial charge >= 0.3 is 5.97 Å². The van der Waals surface area contributed by atoms with Crippen LogP contribution in [0.1, 0.15) is 24.1 Å². The predicted molar refractivity (Wildman–Crippen MR) is 77.7 cm³/mol. The molecule has 3 rings (SSSR count). The van der Waals surface area contributed by atoms with Crippen LogP contribution in [0.3, 0.4) is 0 Å². The fourth-order valence-electron chi connectivity index (χ4n) is 2.90. The molecule has 1 saturated heterocycles. The van der Waals surface area contributed by atoms with Crippen molar-refractivity contribution in [3.05, 3.63) is 41.6 Å². The van der Waals surface area contributed by atoms with Gasteiger partial charge in [0.2, 0.25) is 5.91 Å². The van der Waals surface area contributed by atoms with Gasteiger partial charge in [-0.3, -0.25) is 9.78 Å². The number of hydrogen-bond donors (Lipinski definition) is 1. The molecule has 0 bridgehead atoms. The smallest absolute Gasteiger partial charge is 0.326 e. The molecular formula is C16H16N2O3. The van der Waals surface area contributed by atoms with Crippen LogP contribution < -0.4 is 0 Å². The van der Waals surface area contributed by atoms with E-state index < -0.39 is 12.0 Å². The summed E-state index contributed by atoms with van der Waals surface area (Å²) in [5, 5.41) is 10.2. The van der Waals surface area contributed by atoms with Gasteiger partial charge in [0.05, 0.1) is 5.52 Å². The summed E-state index contributed by atoms with van der Waals surface area (Å²) in [7, 11) is 0. The second-order valence-electron chi connectivity index (χ2n) is 5.35. The van der Waals surface area contributed by atoms with Gasteiger partial charge in [0.1, 0.15) is 6.04 Å². The Morgan fingerprint density at radius 2 is 2.19 bits per heavy atom. The molecule has 1 aromatic carbocycles. The predicted octanol–water partition coefficient (Wildman–Crippen LogP) is 2.12. The summed E-state index contributed by atoms with van der Waals surface area (Å²) < 4.78 is 0. The number of para-hydroxylation sites is 1. The SMILES string of the molecule is Cc1cc(CN2C(=O)CCC2C(=O)O)c2ccccc2n1. The zero-order chi connectivity index (χ0) is 15.0. The maximum absolute atomic E-state index is 12.0. The number of pyridine rings is 1. The Bertz CT molecular complexity index is 727. The highest BCUT2D eigenvalue weighted by atomic mass is 16.4. The van der Waals surface area contributed by atoms with Crippen molar-refractivity contribution in [2.24, 2.45) is 0 Å². The third-order valence-corrected chi connectivity index (χ3v) is 3.88. The molecule has 2 heterocycles. The quantitative estimate of drug-likeness (QED) is 0.937. The van der Waals surface area contributed by atoms with E-state index in [0.29, 0.717) is 19.4 Å². The number of carboxylic acids is 1. The summed E-state index contributed by atoms with van der Waals surface area (Å²) in [6.45, 7) is 2.22. The lowest BCUT2D eigenvalue weighted by molar-refractivity contribution is -0.146. The first-order valence-electron chi connectivity index (χ1n) is 6.94. The van der Waals surface area contributed by atoms with E-state index in [1.165, 1.54) is 4.90 Å². The van der Waals surface area contributed by atoms with E-state index in [2.05, 4.69) is 4.98 Å². The first-order chi connectivity index (χ1) is 10.1. The number of hydrogen-bond acceptors (Lipinski definition) is 3. The number of aryl methyl sites for hydroxylation is 1. The van der Waals surface area contributed by atoms with Gasteiger partial charge in [-0.2, -0.15) is 0 Å². The standard InChI is InChI=1S/C16H16N2O3/c1-10-8-11(12-4-2-3-5-13(12)17-10)9-18-14(16(20)21)6-7-15(18)19/h2-5,8,14H,6-7,9H2,1H3,(H,20,21). The normalized spacial score (nSPS) is 18.4. The highest BCUT2D eigenvalue weighted by Gasteiger charge is 2.36. The van der Waals surface area contributed by atoms with Crippen LogP contribution in [0.15, 0.2) is 30.3 Å². The zero-order valence-corrected chi connectivity index (χ0v) is 11.7. The van der Waals surface area contributed by atoms with Crippen LogP contribution in [-0.4, -0.2) is 32.9 Å². The number of benzene rings is 1. The lowest BCUT2D eigenvalue weighted by Crippen LogP contribution is -2.38. The van der Waals surface area contributed by atoms with E-state index in [0.717, 1.165) is 22.2 Å². The van der Waals surface area contributed by atoms with Crippen molar-refractivity contribution in [3.63, 3.8) is 0 Å². The molecule has 1 amide bonds. The van der Waals surface area contributed by atoms with Crippen molar-refractivity contribution in [2.45, 2.75) is 32.4 Å². The molecule has 5 heteroatoms. The largest absolute Gasteiger partial charge is 0.480 e. The highest BCUT2D eigenvalue weighted by Crippen LogP contribution is 2.25. The molecule has 0 spiro atoms. The van der Waals surface area contributed by atoms with Crippen LogP contribution in [-0.2, 0) is 16.1 Å². The number of amides is 1. The molecule has 108 valence electrons. The number of aromatic nitrogens is 1.